The Hall–Kier alpha value is -1.67. The lowest BCUT2D eigenvalue weighted by Gasteiger charge is -2.23. The number of rotatable bonds is 5. The predicted octanol–water partition coefficient (Wildman–Crippen LogP) is 1.21. The summed E-state index contributed by atoms with van der Waals surface area (Å²) in [5.41, 5.74) is -0.284. The van der Waals surface area contributed by atoms with Crippen molar-refractivity contribution < 1.29 is 19.4 Å². The number of thiazole rings is 1. The molecule has 2 heterocycles. The average molecular weight is 299 g/mol. The summed E-state index contributed by atoms with van der Waals surface area (Å²) in [6, 6.07) is -0.311. The molecule has 2 rings (SSSR count). The number of amides is 2. The van der Waals surface area contributed by atoms with Gasteiger partial charge in [0, 0.05) is 18.5 Å². The minimum absolute atomic E-state index is 0.000857. The van der Waals surface area contributed by atoms with Crippen LogP contribution >= 0.6 is 11.3 Å². The molecule has 1 aromatic rings. The number of hydrogen-bond acceptors (Lipinski definition) is 5. The molecule has 1 unspecified atom stereocenters. The van der Waals surface area contributed by atoms with Gasteiger partial charge in [0.15, 0.2) is 5.69 Å². The van der Waals surface area contributed by atoms with Gasteiger partial charge in [-0.15, -0.1) is 11.3 Å². The normalized spacial score (nSPS) is 21.6. The Morgan fingerprint density at radius 3 is 2.95 bits per heavy atom. The molecule has 7 nitrogen and oxygen atoms in total. The summed E-state index contributed by atoms with van der Waals surface area (Å²) in [6.07, 6.45) is 1.94. The van der Waals surface area contributed by atoms with Crippen LogP contribution in [-0.2, 0) is 11.3 Å². The minimum atomic E-state index is -1.07. The van der Waals surface area contributed by atoms with E-state index in [9.17, 15) is 9.59 Å². The summed E-state index contributed by atoms with van der Waals surface area (Å²) in [4.78, 5) is 26.2. The molecule has 1 saturated heterocycles. The number of nitrogens with one attached hydrogen (secondary N) is 2. The van der Waals surface area contributed by atoms with Crippen LogP contribution in [0.15, 0.2) is 5.38 Å². The Balaban J connectivity index is 1.73. The van der Waals surface area contributed by atoms with Gasteiger partial charge in [0.1, 0.15) is 5.01 Å². The zero-order chi connectivity index (χ0) is 14.6. The van der Waals surface area contributed by atoms with Crippen molar-refractivity contribution in [1.29, 1.82) is 0 Å². The molecule has 0 aromatic carbocycles. The Bertz CT molecular complexity index is 497. The van der Waals surface area contributed by atoms with Gasteiger partial charge in [-0.1, -0.05) is 0 Å². The van der Waals surface area contributed by atoms with Gasteiger partial charge in [0.2, 0.25) is 0 Å². The summed E-state index contributed by atoms with van der Waals surface area (Å²) in [7, 11) is 0. The first kappa shape index (κ1) is 14.7. The van der Waals surface area contributed by atoms with Crippen LogP contribution in [0, 0.1) is 0 Å². The first-order chi connectivity index (χ1) is 9.48. The number of ether oxygens (including phenoxy) is 1. The highest BCUT2D eigenvalue weighted by atomic mass is 32.1. The lowest BCUT2D eigenvalue weighted by Crippen LogP contribution is -2.44. The van der Waals surface area contributed by atoms with Gasteiger partial charge in [0.25, 0.3) is 0 Å². The molecular formula is C12H17N3O4S. The quantitative estimate of drug-likeness (QED) is 0.758. The van der Waals surface area contributed by atoms with Crippen LogP contribution in [-0.4, -0.2) is 40.8 Å². The highest BCUT2D eigenvalue weighted by molar-refractivity contribution is 7.09. The van der Waals surface area contributed by atoms with Crippen molar-refractivity contribution in [3.05, 3.63) is 16.1 Å². The maximum atomic E-state index is 11.6. The van der Waals surface area contributed by atoms with E-state index in [4.69, 9.17) is 9.84 Å². The summed E-state index contributed by atoms with van der Waals surface area (Å²) < 4.78 is 5.57. The van der Waals surface area contributed by atoms with E-state index < -0.39 is 5.97 Å². The monoisotopic (exact) mass is 299 g/mol. The van der Waals surface area contributed by atoms with Crippen molar-refractivity contribution in [3.8, 4) is 0 Å². The van der Waals surface area contributed by atoms with Crippen molar-refractivity contribution in [3.63, 3.8) is 0 Å². The number of carboxylic acids is 1. The van der Waals surface area contributed by atoms with E-state index in [2.05, 4.69) is 15.6 Å². The van der Waals surface area contributed by atoms with E-state index in [-0.39, 0.29) is 23.9 Å². The number of carbonyl (C=O) groups is 2. The summed E-state index contributed by atoms with van der Waals surface area (Å²) >= 11 is 1.20. The van der Waals surface area contributed by atoms with Crippen LogP contribution in [0.25, 0.3) is 0 Å². The van der Waals surface area contributed by atoms with Crippen LogP contribution in [0.3, 0.4) is 0 Å². The molecule has 3 N–H and O–H groups in total. The Kier molecular flexibility index (Phi) is 4.56. The predicted molar refractivity (Wildman–Crippen MR) is 72.9 cm³/mol. The molecular weight excluding hydrogens is 282 g/mol. The van der Waals surface area contributed by atoms with E-state index in [0.29, 0.717) is 11.6 Å². The molecule has 110 valence electrons. The van der Waals surface area contributed by atoms with Crippen molar-refractivity contribution in [2.24, 2.45) is 0 Å². The molecule has 2 amide bonds. The fourth-order valence-corrected chi connectivity index (χ4v) is 2.66. The van der Waals surface area contributed by atoms with Gasteiger partial charge in [-0.25, -0.2) is 14.6 Å². The van der Waals surface area contributed by atoms with Crippen molar-refractivity contribution in [1.82, 2.24) is 15.6 Å². The van der Waals surface area contributed by atoms with Crippen LogP contribution < -0.4 is 10.6 Å². The third kappa shape index (κ3) is 3.91. The zero-order valence-corrected chi connectivity index (χ0v) is 12.0. The fraction of sp³-hybridized carbons (Fsp3) is 0.583. The molecule has 1 atom stereocenters. The molecule has 0 spiro atoms. The molecule has 20 heavy (non-hydrogen) atoms. The molecule has 0 radical (unpaired) electrons. The van der Waals surface area contributed by atoms with Crippen molar-refractivity contribution in [2.75, 3.05) is 13.2 Å². The van der Waals surface area contributed by atoms with E-state index in [0.717, 1.165) is 19.4 Å². The van der Waals surface area contributed by atoms with Crippen LogP contribution in [0.1, 0.15) is 35.3 Å². The maximum absolute atomic E-state index is 11.6. The molecule has 1 aromatic heterocycles. The number of nitrogens with zero attached hydrogens (tertiary/aromatic N) is 1. The summed E-state index contributed by atoms with van der Waals surface area (Å²) in [5.74, 6) is -1.07. The van der Waals surface area contributed by atoms with Crippen LogP contribution in [0.4, 0.5) is 4.79 Å². The van der Waals surface area contributed by atoms with Crippen LogP contribution in [0.5, 0.6) is 0 Å². The van der Waals surface area contributed by atoms with Gasteiger partial charge in [-0.3, -0.25) is 0 Å². The lowest BCUT2D eigenvalue weighted by atomic mass is 10.0. The Morgan fingerprint density at radius 2 is 2.35 bits per heavy atom. The number of aromatic nitrogens is 1. The highest BCUT2D eigenvalue weighted by Gasteiger charge is 2.29. The molecule has 0 bridgehead atoms. The maximum Gasteiger partial charge on any atom is 0.355 e. The largest absolute Gasteiger partial charge is 0.476 e. The number of aromatic carboxylic acids is 1. The second-order valence-corrected chi connectivity index (χ2v) is 5.81. The second-order valence-electron chi connectivity index (χ2n) is 4.87. The smallest absolute Gasteiger partial charge is 0.355 e. The minimum Gasteiger partial charge on any atom is -0.476 e. The van der Waals surface area contributed by atoms with E-state index in [1.165, 1.54) is 16.7 Å². The van der Waals surface area contributed by atoms with Gasteiger partial charge >= 0.3 is 12.0 Å². The number of hydrogen-bond donors (Lipinski definition) is 3. The summed E-state index contributed by atoms with van der Waals surface area (Å²) in [5, 5.41) is 16.1. The highest BCUT2D eigenvalue weighted by Crippen LogP contribution is 2.23. The Morgan fingerprint density at radius 1 is 1.55 bits per heavy atom. The Labute approximate surface area is 120 Å². The third-order valence-electron chi connectivity index (χ3n) is 3.09. The topological polar surface area (TPSA) is 101 Å². The van der Waals surface area contributed by atoms with E-state index in [1.807, 2.05) is 6.92 Å². The first-order valence-electron chi connectivity index (χ1n) is 6.32. The molecule has 0 saturated carbocycles. The zero-order valence-electron chi connectivity index (χ0n) is 11.1. The SMILES string of the molecule is CC1(CNC(=O)NCc2nc(C(=O)O)cs2)CCCO1. The fourth-order valence-electron chi connectivity index (χ4n) is 1.95. The average Bonchev–Trinajstić information content (AvgIpc) is 3.03. The number of carbonyl (C=O) groups excluding carboxylic acids is 1. The van der Waals surface area contributed by atoms with E-state index >= 15 is 0 Å². The number of urea groups is 1. The standard InChI is InChI=1S/C12H17N3O4S/c1-12(3-2-4-19-12)7-14-11(18)13-5-9-15-8(6-20-9)10(16)17/h6H,2-5,7H2,1H3,(H,16,17)(H2,13,14,18). The molecule has 1 aliphatic rings. The first-order valence-corrected chi connectivity index (χ1v) is 7.20. The molecule has 1 fully saturated rings. The second kappa shape index (κ2) is 6.19. The lowest BCUT2D eigenvalue weighted by molar-refractivity contribution is 0.0229. The van der Waals surface area contributed by atoms with Crippen molar-refractivity contribution >= 4 is 23.3 Å². The molecule has 8 heteroatoms. The van der Waals surface area contributed by atoms with Gasteiger partial charge in [-0.2, -0.15) is 0 Å². The van der Waals surface area contributed by atoms with Crippen molar-refractivity contribution in [2.45, 2.75) is 31.9 Å². The van der Waals surface area contributed by atoms with Gasteiger partial charge in [-0.05, 0) is 19.8 Å². The summed E-state index contributed by atoms with van der Waals surface area (Å²) in [6.45, 7) is 3.37. The molecule has 0 aliphatic carbocycles. The number of carboxylic acid groups (broad SMARTS) is 1. The van der Waals surface area contributed by atoms with Gasteiger partial charge < -0.3 is 20.5 Å². The third-order valence-corrected chi connectivity index (χ3v) is 3.94. The van der Waals surface area contributed by atoms with Gasteiger partial charge in [0.05, 0.1) is 12.1 Å². The molecule has 1 aliphatic heterocycles. The van der Waals surface area contributed by atoms with Crippen LogP contribution in [0.2, 0.25) is 0 Å². The van der Waals surface area contributed by atoms with E-state index in [1.54, 1.807) is 0 Å².